The van der Waals surface area contributed by atoms with E-state index >= 15 is 0 Å². The molecule has 0 amide bonds. The number of methoxy groups -OCH3 is 1. The van der Waals surface area contributed by atoms with Gasteiger partial charge in [0, 0.05) is 11.6 Å². The van der Waals surface area contributed by atoms with Crippen molar-refractivity contribution in [1.29, 1.82) is 0 Å². The molecule has 2 fully saturated rings. The topological polar surface area (TPSA) is 57.7 Å². The summed E-state index contributed by atoms with van der Waals surface area (Å²) in [6.45, 7) is 1.42. The normalized spacial score (nSPS) is 25.7. The zero-order valence-corrected chi connectivity index (χ0v) is 13.1. The number of rotatable bonds is 4. The van der Waals surface area contributed by atoms with Crippen LogP contribution in [0.1, 0.15) is 29.6 Å². The van der Waals surface area contributed by atoms with Crippen molar-refractivity contribution in [3.8, 4) is 5.75 Å². The van der Waals surface area contributed by atoms with Crippen molar-refractivity contribution in [2.24, 2.45) is 5.92 Å². The van der Waals surface area contributed by atoms with Crippen LogP contribution in [0.15, 0.2) is 30.5 Å². The fourth-order valence-corrected chi connectivity index (χ4v) is 3.63. The van der Waals surface area contributed by atoms with E-state index in [9.17, 15) is 4.79 Å². The van der Waals surface area contributed by atoms with Gasteiger partial charge in [-0.1, -0.05) is 12.1 Å². The second-order valence-electron chi connectivity index (χ2n) is 6.43. The number of pyridine rings is 1. The largest absolute Gasteiger partial charge is 0.488 e. The van der Waals surface area contributed by atoms with Gasteiger partial charge >= 0.3 is 5.97 Å². The summed E-state index contributed by atoms with van der Waals surface area (Å²) in [5.41, 5.74) is 1.08. The van der Waals surface area contributed by atoms with Gasteiger partial charge in [0.15, 0.2) is 0 Å². The number of fused-ring (bicyclic) bond motifs is 3. The molecule has 2 aliphatic rings. The SMILES string of the molecule is COC(=O)c1cnc2c(OCC34CCC(CO3)C4)cccc2c1. The number of carbonyl (C=O) groups is 1. The maximum atomic E-state index is 11.6. The molecule has 0 N–H and O–H groups in total. The second kappa shape index (κ2) is 5.49. The number of hydrogen-bond donors (Lipinski definition) is 0. The van der Waals surface area contributed by atoms with Crippen LogP contribution in [0.4, 0.5) is 0 Å². The molecular formula is C18H19NO4. The van der Waals surface area contributed by atoms with E-state index in [1.807, 2.05) is 18.2 Å². The molecule has 1 saturated heterocycles. The van der Waals surface area contributed by atoms with Crippen LogP contribution in [0.3, 0.4) is 0 Å². The summed E-state index contributed by atoms with van der Waals surface area (Å²) in [4.78, 5) is 16.0. The van der Waals surface area contributed by atoms with Gasteiger partial charge < -0.3 is 14.2 Å². The van der Waals surface area contributed by atoms with Crippen molar-refractivity contribution in [3.05, 3.63) is 36.0 Å². The smallest absolute Gasteiger partial charge is 0.339 e. The lowest BCUT2D eigenvalue weighted by Crippen LogP contribution is -2.34. The predicted molar refractivity (Wildman–Crippen MR) is 84.6 cm³/mol. The average Bonchev–Trinajstić information content (AvgIpc) is 3.20. The van der Waals surface area contributed by atoms with Crippen LogP contribution < -0.4 is 4.74 Å². The van der Waals surface area contributed by atoms with Crippen LogP contribution in [0.2, 0.25) is 0 Å². The lowest BCUT2D eigenvalue weighted by Gasteiger charge is -2.26. The minimum Gasteiger partial charge on any atom is -0.488 e. The molecule has 0 spiro atoms. The molecule has 5 nitrogen and oxygen atoms in total. The summed E-state index contributed by atoms with van der Waals surface area (Å²) in [6.07, 6.45) is 4.93. The number of ether oxygens (including phenoxy) is 3. The fraction of sp³-hybridized carbons (Fsp3) is 0.444. The zero-order chi connectivity index (χ0) is 15.9. The summed E-state index contributed by atoms with van der Waals surface area (Å²) in [7, 11) is 1.36. The van der Waals surface area contributed by atoms with Crippen molar-refractivity contribution < 1.29 is 19.0 Å². The van der Waals surface area contributed by atoms with E-state index in [0.29, 0.717) is 18.1 Å². The Bertz CT molecular complexity index is 750. The van der Waals surface area contributed by atoms with Gasteiger partial charge in [-0.15, -0.1) is 0 Å². The maximum Gasteiger partial charge on any atom is 0.339 e. The highest BCUT2D eigenvalue weighted by Crippen LogP contribution is 2.44. The van der Waals surface area contributed by atoms with Gasteiger partial charge in [-0.2, -0.15) is 0 Å². The Hall–Kier alpha value is -2.14. The van der Waals surface area contributed by atoms with Crippen molar-refractivity contribution >= 4 is 16.9 Å². The first-order chi connectivity index (χ1) is 11.2. The number of benzene rings is 1. The van der Waals surface area contributed by atoms with E-state index < -0.39 is 0 Å². The molecule has 1 saturated carbocycles. The maximum absolute atomic E-state index is 11.6. The highest BCUT2D eigenvalue weighted by Gasteiger charge is 2.46. The van der Waals surface area contributed by atoms with E-state index in [2.05, 4.69) is 4.98 Å². The molecule has 2 unspecified atom stereocenters. The van der Waals surface area contributed by atoms with E-state index in [4.69, 9.17) is 14.2 Å². The summed E-state index contributed by atoms with van der Waals surface area (Å²) < 4.78 is 16.7. The molecule has 23 heavy (non-hydrogen) atoms. The van der Waals surface area contributed by atoms with Crippen molar-refractivity contribution in [2.75, 3.05) is 20.3 Å². The van der Waals surface area contributed by atoms with Gasteiger partial charge in [0.2, 0.25) is 0 Å². The monoisotopic (exact) mass is 313 g/mol. The van der Waals surface area contributed by atoms with Crippen molar-refractivity contribution in [2.45, 2.75) is 24.9 Å². The van der Waals surface area contributed by atoms with Gasteiger partial charge in [-0.25, -0.2) is 4.79 Å². The first-order valence-electron chi connectivity index (χ1n) is 7.93. The Morgan fingerprint density at radius 3 is 3.09 bits per heavy atom. The second-order valence-corrected chi connectivity index (χ2v) is 6.43. The Morgan fingerprint density at radius 1 is 1.48 bits per heavy atom. The summed E-state index contributed by atoms with van der Waals surface area (Å²) in [5, 5.41) is 0.861. The number of hydrogen-bond acceptors (Lipinski definition) is 5. The number of para-hydroxylation sites is 1. The lowest BCUT2D eigenvalue weighted by atomic mass is 10.0. The molecule has 2 aromatic rings. The molecule has 0 radical (unpaired) electrons. The molecule has 2 heterocycles. The zero-order valence-electron chi connectivity index (χ0n) is 13.1. The van der Waals surface area contributed by atoms with E-state index in [-0.39, 0.29) is 11.6 Å². The van der Waals surface area contributed by atoms with Gasteiger partial charge in [0.25, 0.3) is 0 Å². The van der Waals surface area contributed by atoms with Crippen LogP contribution in [0.25, 0.3) is 10.9 Å². The quantitative estimate of drug-likeness (QED) is 0.812. The van der Waals surface area contributed by atoms with E-state index in [1.165, 1.54) is 19.7 Å². The van der Waals surface area contributed by atoms with Crippen molar-refractivity contribution in [1.82, 2.24) is 4.98 Å². The third kappa shape index (κ3) is 2.55. The van der Waals surface area contributed by atoms with E-state index in [0.717, 1.165) is 36.1 Å². The number of esters is 1. The minimum atomic E-state index is -0.388. The molecule has 120 valence electrons. The third-order valence-corrected chi connectivity index (χ3v) is 4.88. The molecule has 1 aliphatic heterocycles. The molecule has 2 atom stereocenters. The van der Waals surface area contributed by atoms with Crippen molar-refractivity contribution in [3.63, 3.8) is 0 Å². The third-order valence-electron chi connectivity index (χ3n) is 4.88. The van der Waals surface area contributed by atoms with Gasteiger partial charge in [-0.05, 0) is 37.3 Å². The Kier molecular flexibility index (Phi) is 3.45. The predicted octanol–water partition coefficient (Wildman–Crippen LogP) is 2.97. The van der Waals surface area contributed by atoms with Gasteiger partial charge in [-0.3, -0.25) is 4.98 Å². The standard InChI is InChI=1S/C18H19NO4/c1-21-17(20)14-7-13-3-2-4-15(16(13)19-9-14)22-11-18-6-5-12(8-18)10-23-18/h2-4,7,9,12H,5-6,8,10-11H2,1H3. The summed E-state index contributed by atoms with van der Waals surface area (Å²) >= 11 is 0. The summed E-state index contributed by atoms with van der Waals surface area (Å²) in [5.74, 6) is 1.04. The van der Waals surface area contributed by atoms with E-state index in [1.54, 1.807) is 6.07 Å². The summed E-state index contributed by atoms with van der Waals surface area (Å²) in [6, 6.07) is 7.50. The average molecular weight is 313 g/mol. The molecular weight excluding hydrogens is 294 g/mol. The highest BCUT2D eigenvalue weighted by atomic mass is 16.5. The molecule has 1 aromatic carbocycles. The lowest BCUT2D eigenvalue weighted by molar-refractivity contribution is -0.0458. The highest BCUT2D eigenvalue weighted by molar-refractivity contribution is 5.94. The number of aromatic nitrogens is 1. The molecule has 2 bridgehead atoms. The molecule has 1 aliphatic carbocycles. The molecule has 1 aromatic heterocycles. The Morgan fingerprint density at radius 2 is 2.39 bits per heavy atom. The number of carbonyl (C=O) groups excluding carboxylic acids is 1. The first-order valence-corrected chi connectivity index (χ1v) is 7.93. The minimum absolute atomic E-state index is 0.112. The fourth-order valence-electron chi connectivity index (χ4n) is 3.63. The van der Waals surface area contributed by atoms with Gasteiger partial charge in [0.05, 0.1) is 19.3 Å². The number of nitrogens with zero attached hydrogens (tertiary/aromatic N) is 1. The van der Waals surface area contributed by atoms with Crippen LogP contribution in [0.5, 0.6) is 5.75 Å². The van der Waals surface area contributed by atoms with Gasteiger partial charge in [0.1, 0.15) is 23.5 Å². The molecule has 4 rings (SSSR count). The first kappa shape index (κ1) is 14.5. The van der Waals surface area contributed by atoms with Crippen LogP contribution in [-0.2, 0) is 9.47 Å². The Labute approximate surface area is 134 Å². The van der Waals surface area contributed by atoms with Crippen LogP contribution in [-0.4, -0.2) is 36.9 Å². The van der Waals surface area contributed by atoms with Crippen LogP contribution in [0, 0.1) is 5.92 Å². The molecule has 5 heteroatoms. The van der Waals surface area contributed by atoms with Crippen LogP contribution >= 0.6 is 0 Å². The Balaban J connectivity index is 1.59.